The summed E-state index contributed by atoms with van der Waals surface area (Å²) in [5.74, 6) is -0.0814. The van der Waals surface area contributed by atoms with E-state index in [0.29, 0.717) is 0 Å². The van der Waals surface area contributed by atoms with Crippen LogP contribution in [0, 0.1) is 0 Å². The Bertz CT molecular complexity index is 341. The molecule has 1 aliphatic carbocycles. The van der Waals surface area contributed by atoms with Crippen molar-refractivity contribution in [2.75, 3.05) is 0 Å². The fraction of sp³-hybridized carbons (Fsp3) is 0.400. The number of rotatable bonds is 0. The van der Waals surface area contributed by atoms with Gasteiger partial charge in [0.1, 0.15) is 0 Å². The molecule has 0 saturated carbocycles. The van der Waals surface area contributed by atoms with Crippen LogP contribution in [0.2, 0.25) is 0 Å². The van der Waals surface area contributed by atoms with E-state index in [9.17, 15) is 10.2 Å². The Morgan fingerprint density at radius 2 is 1.71 bits per heavy atom. The number of aryl methyl sites for hydroxylation is 1. The molecule has 2 rings (SSSR count). The molecule has 78 valence electrons. The molecule has 1 aromatic rings. The number of phenols is 2. The molecule has 14 heavy (non-hydrogen) atoms. The number of aromatic hydroxyl groups is 2. The lowest BCUT2D eigenvalue weighted by Crippen LogP contribution is -2.27. The summed E-state index contributed by atoms with van der Waals surface area (Å²) < 4.78 is 0. The molecule has 1 aromatic carbocycles. The van der Waals surface area contributed by atoms with Gasteiger partial charge < -0.3 is 15.9 Å². The van der Waals surface area contributed by atoms with E-state index in [2.05, 4.69) is 0 Å². The second-order valence-corrected chi connectivity index (χ2v) is 3.61. The lowest BCUT2D eigenvalue weighted by molar-refractivity contribution is 0.401. The second kappa shape index (κ2) is 4.07. The quantitative estimate of drug-likeness (QED) is 0.572. The summed E-state index contributed by atoms with van der Waals surface area (Å²) in [6, 6.07) is 3.44. The van der Waals surface area contributed by atoms with E-state index in [-0.39, 0.29) is 29.9 Å². The summed E-state index contributed by atoms with van der Waals surface area (Å²) in [6.07, 6.45) is 2.64. The topological polar surface area (TPSA) is 66.5 Å². The summed E-state index contributed by atoms with van der Waals surface area (Å²) in [7, 11) is 0. The van der Waals surface area contributed by atoms with Gasteiger partial charge in [-0.25, -0.2) is 0 Å². The first-order chi connectivity index (χ1) is 6.16. The van der Waals surface area contributed by atoms with Crippen LogP contribution in [-0.2, 0) is 12.8 Å². The molecular weight excluding hydrogens is 202 g/mol. The molecule has 4 heteroatoms. The maximum Gasteiger partial charge on any atom is 0.157 e. The fourth-order valence-corrected chi connectivity index (χ4v) is 1.81. The van der Waals surface area contributed by atoms with E-state index in [0.717, 1.165) is 30.4 Å². The zero-order valence-electron chi connectivity index (χ0n) is 7.73. The molecule has 0 amide bonds. The van der Waals surface area contributed by atoms with Crippen molar-refractivity contribution in [1.29, 1.82) is 0 Å². The van der Waals surface area contributed by atoms with Crippen LogP contribution in [0.4, 0.5) is 0 Å². The van der Waals surface area contributed by atoms with Crippen molar-refractivity contribution < 1.29 is 10.2 Å². The van der Waals surface area contributed by atoms with Gasteiger partial charge in [0, 0.05) is 6.04 Å². The Morgan fingerprint density at radius 1 is 1.14 bits per heavy atom. The predicted molar refractivity (Wildman–Crippen MR) is 57.0 cm³/mol. The average Bonchev–Trinajstić information content (AvgIpc) is 2.08. The van der Waals surface area contributed by atoms with E-state index in [1.807, 2.05) is 0 Å². The molecule has 0 heterocycles. The fourth-order valence-electron chi connectivity index (χ4n) is 1.81. The van der Waals surface area contributed by atoms with Crippen molar-refractivity contribution in [2.45, 2.75) is 25.3 Å². The van der Waals surface area contributed by atoms with Crippen LogP contribution >= 0.6 is 12.4 Å². The lowest BCUT2D eigenvalue weighted by Gasteiger charge is -2.21. The first kappa shape index (κ1) is 11.1. The number of hydrogen-bond donors (Lipinski definition) is 3. The van der Waals surface area contributed by atoms with Crippen molar-refractivity contribution >= 4 is 12.4 Å². The van der Waals surface area contributed by atoms with Gasteiger partial charge in [0.05, 0.1) is 0 Å². The summed E-state index contributed by atoms with van der Waals surface area (Å²) >= 11 is 0. The standard InChI is InChI=1S/C10H13NO2.ClH/c11-8-2-1-6-4-9(12)10(13)5-7(6)3-8;/h4-5,8,12-13H,1-3,11H2;1H/t8-;/m0./s1. The van der Waals surface area contributed by atoms with Crippen LogP contribution < -0.4 is 5.73 Å². The van der Waals surface area contributed by atoms with Crippen LogP contribution in [0.25, 0.3) is 0 Å². The van der Waals surface area contributed by atoms with Gasteiger partial charge in [0.2, 0.25) is 0 Å². The molecule has 3 nitrogen and oxygen atoms in total. The summed E-state index contributed by atoms with van der Waals surface area (Å²) in [6.45, 7) is 0. The van der Waals surface area contributed by atoms with Gasteiger partial charge in [-0.05, 0) is 42.5 Å². The summed E-state index contributed by atoms with van der Waals surface area (Å²) in [5, 5.41) is 18.5. The number of fused-ring (bicyclic) bond motifs is 1. The number of hydrogen-bond acceptors (Lipinski definition) is 3. The largest absolute Gasteiger partial charge is 0.504 e. The highest BCUT2D eigenvalue weighted by atomic mass is 35.5. The van der Waals surface area contributed by atoms with Gasteiger partial charge in [-0.1, -0.05) is 0 Å². The molecular formula is C10H14ClNO2. The summed E-state index contributed by atoms with van der Waals surface area (Å²) in [4.78, 5) is 0. The smallest absolute Gasteiger partial charge is 0.157 e. The minimum Gasteiger partial charge on any atom is -0.504 e. The lowest BCUT2D eigenvalue weighted by atomic mass is 9.88. The molecule has 0 unspecified atom stereocenters. The van der Waals surface area contributed by atoms with Gasteiger partial charge in [0.15, 0.2) is 11.5 Å². The Balaban J connectivity index is 0.000000980. The highest BCUT2D eigenvalue weighted by molar-refractivity contribution is 5.85. The normalized spacial score (nSPS) is 19.6. The average molecular weight is 216 g/mol. The zero-order chi connectivity index (χ0) is 9.42. The number of nitrogens with two attached hydrogens (primary N) is 1. The molecule has 0 spiro atoms. The third-order valence-corrected chi connectivity index (χ3v) is 2.56. The van der Waals surface area contributed by atoms with Gasteiger partial charge >= 0.3 is 0 Å². The summed E-state index contributed by atoms with van der Waals surface area (Å²) in [5.41, 5.74) is 7.97. The molecule has 0 aromatic heterocycles. The molecule has 0 saturated heterocycles. The molecule has 0 bridgehead atoms. The Kier molecular flexibility index (Phi) is 3.24. The van der Waals surface area contributed by atoms with Crippen LogP contribution in [0.5, 0.6) is 11.5 Å². The molecule has 1 atom stereocenters. The maximum atomic E-state index is 9.27. The molecule has 0 radical (unpaired) electrons. The van der Waals surface area contributed by atoms with Gasteiger partial charge in [-0.2, -0.15) is 0 Å². The van der Waals surface area contributed by atoms with Gasteiger partial charge in [0.25, 0.3) is 0 Å². The predicted octanol–water partition coefficient (Wildman–Crippen LogP) is 1.34. The first-order valence-electron chi connectivity index (χ1n) is 4.46. The van der Waals surface area contributed by atoms with Crippen LogP contribution in [0.3, 0.4) is 0 Å². The molecule has 0 fully saturated rings. The monoisotopic (exact) mass is 215 g/mol. The van der Waals surface area contributed by atoms with E-state index < -0.39 is 0 Å². The highest BCUT2D eigenvalue weighted by Crippen LogP contribution is 2.31. The van der Waals surface area contributed by atoms with Crippen molar-refractivity contribution in [2.24, 2.45) is 5.73 Å². The van der Waals surface area contributed by atoms with Crippen molar-refractivity contribution in [3.63, 3.8) is 0 Å². The van der Waals surface area contributed by atoms with Crippen LogP contribution in [0.15, 0.2) is 12.1 Å². The molecule has 1 aliphatic rings. The zero-order valence-corrected chi connectivity index (χ0v) is 8.55. The van der Waals surface area contributed by atoms with E-state index >= 15 is 0 Å². The number of halogens is 1. The SMILES string of the molecule is Cl.N[C@H]1CCc2cc(O)c(O)cc2C1. The number of benzene rings is 1. The van der Waals surface area contributed by atoms with Crippen LogP contribution in [0.1, 0.15) is 17.5 Å². The van der Waals surface area contributed by atoms with E-state index in [1.165, 1.54) is 0 Å². The third-order valence-electron chi connectivity index (χ3n) is 2.56. The van der Waals surface area contributed by atoms with Crippen molar-refractivity contribution in [1.82, 2.24) is 0 Å². The Labute approximate surface area is 89.0 Å². The Morgan fingerprint density at radius 3 is 2.36 bits per heavy atom. The first-order valence-corrected chi connectivity index (χ1v) is 4.46. The van der Waals surface area contributed by atoms with Gasteiger partial charge in [-0.15, -0.1) is 12.4 Å². The Hall–Kier alpha value is -0.930. The minimum absolute atomic E-state index is 0. The van der Waals surface area contributed by atoms with E-state index in [1.54, 1.807) is 12.1 Å². The number of phenolic OH excluding ortho intramolecular Hbond substituents is 2. The molecule has 4 N–H and O–H groups in total. The van der Waals surface area contributed by atoms with Gasteiger partial charge in [-0.3, -0.25) is 0 Å². The highest BCUT2D eigenvalue weighted by Gasteiger charge is 2.17. The van der Waals surface area contributed by atoms with E-state index in [4.69, 9.17) is 5.73 Å². The van der Waals surface area contributed by atoms with Crippen molar-refractivity contribution in [3.8, 4) is 11.5 Å². The second-order valence-electron chi connectivity index (χ2n) is 3.61. The van der Waals surface area contributed by atoms with Crippen LogP contribution in [-0.4, -0.2) is 16.3 Å². The third kappa shape index (κ3) is 1.94. The minimum atomic E-state index is -0.0483. The maximum absolute atomic E-state index is 9.27. The van der Waals surface area contributed by atoms with Crippen molar-refractivity contribution in [3.05, 3.63) is 23.3 Å². The molecule has 0 aliphatic heterocycles.